The van der Waals surface area contributed by atoms with E-state index in [1.54, 1.807) is 6.26 Å². The Morgan fingerprint density at radius 2 is 1.78 bits per heavy atom. The fourth-order valence-electron chi connectivity index (χ4n) is 3.17. The molecule has 2 N–H and O–H groups in total. The van der Waals surface area contributed by atoms with Crippen LogP contribution in [0.2, 0.25) is 0 Å². The number of aromatic nitrogens is 1. The Balaban J connectivity index is 1.36. The Kier molecular flexibility index (Phi) is 5.46. The highest BCUT2D eigenvalue weighted by Gasteiger charge is 2.04. The topological polar surface area (TPSA) is 50.1 Å². The van der Waals surface area contributed by atoms with Gasteiger partial charge in [0.05, 0.1) is 18.3 Å². The molecule has 4 aromatic rings. The van der Waals surface area contributed by atoms with Crippen LogP contribution in [0.25, 0.3) is 22.0 Å². The largest absolute Gasteiger partial charge is 0.468 e. The van der Waals surface area contributed by atoms with Gasteiger partial charge < -0.3 is 15.1 Å². The van der Waals surface area contributed by atoms with E-state index < -0.39 is 0 Å². The second-order valence-electron chi connectivity index (χ2n) is 6.49. The molecular weight excluding hydrogens is 334 g/mol. The van der Waals surface area contributed by atoms with Crippen molar-refractivity contribution in [3.63, 3.8) is 0 Å². The van der Waals surface area contributed by atoms with Crippen molar-refractivity contribution in [3.8, 4) is 11.1 Å². The van der Waals surface area contributed by atoms with E-state index in [-0.39, 0.29) is 0 Å². The lowest BCUT2D eigenvalue weighted by Crippen LogP contribution is -2.17. The normalized spacial score (nSPS) is 11.0. The van der Waals surface area contributed by atoms with Crippen LogP contribution in [0, 0.1) is 0 Å². The molecular formula is C23H23N3O. The van der Waals surface area contributed by atoms with E-state index in [1.807, 2.05) is 30.5 Å². The number of rotatable bonds is 8. The molecule has 0 aliphatic heterocycles. The molecule has 0 unspecified atom stereocenters. The molecule has 0 aliphatic carbocycles. The Morgan fingerprint density at radius 1 is 0.852 bits per heavy atom. The van der Waals surface area contributed by atoms with Gasteiger partial charge in [-0.05, 0) is 48.4 Å². The highest BCUT2D eigenvalue weighted by molar-refractivity contribution is 5.93. The summed E-state index contributed by atoms with van der Waals surface area (Å²) < 4.78 is 5.31. The Hall–Kier alpha value is -3.11. The monoisotopic (exact) mass is 357 g/mol. The van der Waals surface area contributed by atoms with Gasteiger partial charge in [-0.1, -0.05) is 42.5 Å². The highest BCUT2D eigenvalue weighted by atomic mass is 16.3. The molecule has 2 aromatic heterocycles. The zero-order chi connectivity index (χ0) is 18.3. The van der Waals surface area contributed by atoms with Gasteiger partial charge in [-0.15, -0.1) is 0 Å². The van der Waals surface area contributed by atoms with Gasteiger partial charge in [0.25, 0.3) is 0 Å². The molecule has 2 aromatic carbocycles. The third-order valence-corrected chi connectivity index (χ3v) is 4.57. The second-order valence-corrected chi connectivity index (χ2v) is 6.49. The maximum atomic E-state index is 5.31. The van der Waals surface area contributed by atoms with Crippen molar-refractivity contribution in [2.24, 2.45) is 0 Å². The Labute approximate surface area is 159 Å². The van der Waals surface area contributed by atoms with Crippen LogP contribution in [0.15, 0.2) is 83.6 Å². The number of benzene rings is 2. The highest BCUT2D eigenvalue weighted by Crippen LogP contribution is 2.27. The van der Waals surface area contributed by atoms with Crippen molar-refractivity contribution in [1.82, 2.24) is 10.3 Å². The van der Waals surface area contributed by atoms with Gasteiger partial charge in [-0.2, -0.15) is 0 Å². The van der Waals surface area contributed by atoms with Gasteiger partial charge in [-0.3, -0.25) is 4.98 Å². The van der Waals surface area contributed by atoms with E-state index in [0.717, 1.165) is 48.4 Å². The van der Waals surface area contributed by atoms with Gasteiger partial charge in [-0.25, -0.2) is 0 Å². The van der Waals surface area contributed by atoms with Gasteiger partial charge in [0.15, 0.2) is 0 Å². The first-order valence-corrected chi connectivity index (χ1v) is 9.31. The van der Waals surface area contributed by atoms with Crippen molar-refractivity contribution >= 4 is 16.6 Å². The molecule has 27 heavy (non-hydrogen) atoms. The van der Waals surface area contributed by atoms with Crippen LogP contribution in [0.4, 0.5) is 5.69 Å². The number of anilines is 1. The SMILES string of the molecule is c1ccc(-c2ccc3c(NCCCNCc4ccco4)ccnc3c2)cc1. The molecule has 0 amide bonds. The summed E-state index contributed by atoms with van der Waals surface area (Å²) in [5.74, 6) is 0.970. The molecule has 0 saturated carbocycles. The summed E-state index contributed by atoms with van der Waals surface area (Å²) >= 11 is 0. The molecule has 0 spiro atoms. The fraction of sp³-hybridized carbons (Fsp3) is 0.174. The minimum atomic E-state index is 0.771. The molecule has 2 heterocycles. The summed E-state index contributed by atoms with van der Waals surface area (Å²) in [5.41, 5.74) is 4.54. The third kappa shape index (κ3) is 4.36. The van der Waals surface area contributed by atoms with E-state index in [0.29, 0.717) is 0 Å². The Morgan fingerprint density at radius 3 is 2.63 bits per heavy atom. The minimum absolute atomic E-state index is 0.771. The predicted molar refractivity (Wildman–Crippen MR) is 111 cm³/mol. The number of hydrogen-bond donors (Lipinski definition) is 2. The molecule has 0 atom stereocenters. The van der Waals surface area contributed by atoms with E-state index >= 15 is 0 Å². The van der Waals surface area contributed by atoms with Crippen LogP contribution in [-0.2, 0) is 6.54 Å². The first-order chi connectivity index (χ1) is 13.4. The molecule has 136 valence electrons. The summed E-state index contributed by atoms with van der Waals surface area (Å²) in [6.07, 6.45) is 4.61. The summed E-state index contributed by atoms with van der Waals surface area (Å²) in [4.78, 5) is 4.55. The molecule has 4 rings (SSSR count). The van der Waals surface area contributed by atoms with Crippen molar-refractivity contribution < 1.29 is 4.42 Å². The average Bonchev–Trinajstić information content (AvgIpc) is 3.24. The summed E-state index contributed by atoms with van der Waals surface area (Å²) in [6, 6.07) is 22.8. The molecule has 0 radical (unpaired) electrons. The van der Waals surface area contributed by atoms with Crippen molar-refractivity contribution in [2.75, 3.05) is 18.4 Å². The smallest absolute Gasteiger partial charge is 0.117 e. The van der Waals surface area contributed by atoms with Crippen molar-refractivity contribution in [3.05, 3.63) is 85.0 Å². The van der Waals surface area contributed by atoms with Crippen LogP contribution in [-0.4, -0.2) is 18.1 Å². The number of fused-ring (bicyclic) bond motifs is 1. The molecule has 4 nitrogen and oxygen atoms in total. The quantitative estimate of drug-likeness (QED) is 0.431. The number of pyridine rings is 1. The van der Waals surface area contributed by atoms with Crippen LogP contribution in [0.1, 0.15) is 12.2 Å². The lowest BCUT2D eigenvalue weighted by atomic mass is 10.0. The fourth-order valence-corrected chi connectivity index (χ4v) is 3.17. The number of nitrogens with zero attached hydrogens (tertiary/aromatic N) is 1. The lowest BCUT2D eigenvalue weighted by molar-refractivity contribution is 0.482. The maximum Gasteiger partial charge on any atom is 0.117 e. The predicted octanol–water partition coefficient (Wildman–Crippen LogP) is 5.09. The lowest BCUT2D eigenvalue weighted by Gasteiger charge is -2.11. The van der Waals surface area contributed by atoms with E-state index in [9.17, 15) is 0 Å². The molecule has 0 fully saturated rings. The third-order valence-electron chi connectivity index (χ3n) is 4.57. The average molecular weight is 357 g/mol. The van der Waals surface area contributed by atoms with Crippen LogP contribution in [0.5, 0.6) is 0 Å². The molecule has 0 aliphatic rings. The number of furan rings is 1. The summed E-state index contributed by atoms with van der Waals surface area (Å²) in [5, 5.41) is 8.08. The molecule has 0 saturated heterocycles. The maximum absolute atomic E-state index is 5.31. The van der Waals surface area contributed by atoms with Crippen LogP contribution < -0.4 is 10.6 Å². The van der Waals surface area contributed by atoms with Gasteiger partial charge in [0, 0.05) is 23.8 Å². The standard InChI is InChI=1S/C23H23N3O/c1-2-6-18(7-3-1)19-9-10-21-22(11-14-26-23(21)16-19)25-13-5-12-24-17-20-8-4-15-27-20/h1-4,6-11,14-16,24H,5,12-13,17H2,(H,25,26). The number of hydrogen-bond acceptors (Lipinski definition) is 4. The summed E-state index contributed by atoms with van der Waals surface area (Å²) in [7, 11) is 0. The van der Waals surface area contributed by atoms with E-state index in [2.05, 4.69) is 58.1 Å². The molecule has 0 bridgehead atoms. The number of nitrogens with one attached hydrogen (secondary N) is 2. The van der Waals surface area contributed by atoms with Crippen LogP contribution in [0.3, 0.4) is 0 Å². The van der Waals surface area contributed by atoms with Crippen molar-refractivity contribution in [1.29, 1.82) is 0 Å². The van der Waals surface area contributed by atoms with Gasteiger partial charge >= 0.3 is 0 Å². The summed E-state index contributed by atoms with van der Waals surface area (Å²) in [6.45, 7) is 2.62. The van der Waals surface area contributed by atoms with E-state index in [1.165, 1.54) is 11.1 Å². The van der Waals surface area contributed by atoms with Gasteiger partial charge in [0.2, 0.25) is 0 Å². The first-order valence-electron chi connectivity index (χ1n) is 9.31. The Bertz CT molecular complexity index is 981. The molecule has 4 heteroatoms. The second kappa shape index (κ2) is 8.52. The first kappa shape index (κ1) is 17.3. The van der Waals surface area contributed by atoms with E-state index in [4.69, 9.17) is 4.42 Å². The van der Waals surface area contributed by atoms with Gasteiger partial charge in [0.1, 0.15) is 5.76 Å². The zero-order valence-electron chi connectivity index (χ0n) is 15.2. The minimum Gasteiger partial charge on any atom is -0.468 e. The zero-order valence-corrected chi connectivity index (χ0v) is 15.2. The van der Waals surface area contributed by atoms with Crippen molar-refractivity contribution in [2.45, 2.75) is 13.0 Å². The van der Waals surface area contributed by atoms with Crippen LogP contribution >= 0.6 is 0 Å².